The minimum atomic E-state index is -3.13. The number of carbonyl (C=O) groups is 2. The number of nitrogens with one attached hydrogen (secondary N) is 1. The van der Waals surface area contributed by atoms with E-state index in [-0.39, 0.29) is 25.4 Å². The van der Waals surface area contributed by atoms with Crippen LogP contribution in [0.25, 0.3) is 27.9 Å². The monoisotopic (exact) mass is 720 g/mol. The van der Waals surface area contributed by atoms with Crippen LogP contribution in [0.3, 0.4) is 0 Å². The fraction of sp³-hybridized carbons (Fsp3) is 0.270. The highest BCUT2D eigenvalue weighted by Crippen LogP contribution is 2.35. The minimum Gasteiger partial charge on any atom is -0.333 e. The molecule has 52 heavy (non-hydrogen) atoms. The first-order valence-electron chi connectivity index (χ1n) is 16.8. The van der Waals surface area contributed by atoms with Gasteiger partial charge in [0.1, 0.15) is 17.1 Å². The van der Waals surface area contributed by atoms with Crippen LogP contribution in [-0.4, -0.2) is 74.9 Å². The molecule has 0 saturated carbocycles. The van der Waals surface area contributed by atoms with Gasteiger partial charge in [-0.15, -0.1) is 16.4 Å². The summed E-state index contributed by atoms with van der Waals surface area (Å²) in [5, 5.41) is 17.5. The number of hydrogen-bond acceptors (Lipinski definition) is 8. The van der Waals surface area contributed by atoms with Gasteiger partial charge in [0.15, 0.2) is 5.65 Å². The normalized spacial score (nSPS) is 15.8. The van der Waals surface area contributed by atoms with Gasteiger partial charge in [0.05, 0.1) is 36.5 Å². The summed E-state index contributed by atoms with van der Waals surface area (Å²) in [5.41, 5.74) is 6.16. The maximum Gasteiger partial charge on any atom is 0.269 e. The smallest absolute Gasteiger partial charge is 0.269 e. The Morgan fingerprint density at radius 2 is 1.88 bits per heavy atom. The van der Waals surface area contributed by atoms with Crippen molar-refractivity contribution in [2.45, 2.75) is 39.2 Å². The maximum atomic E-state index is 15.6. The molecule has 1 aliphatic rings. The number of carbonyl (C=O) groups excluding carboxylic acids is 2. The number of rotatable bonds is 8. The number of nitrogens with zero attached hydrogens (tertiary/aromatic N) is 9. The fourth-order valence-corrected chi connectivity index (χ4v) is 7.48. The van der Waals surface area contributed by atoms with E-state index in [4.69, 9.17) is 4.98 Å². The highest BCUT2D eigenvalue weighted by Gasteiger charge is 2.46. The molecular weight excluding hydrogens is 687 g/mol. The van der Waals surface area contributed by atoms with E-state index in [2.05, 4.69) is 31.8 Å². The Morgan fingerprint density at radius 1 is 1.06 bits per heavy atom. The van der Waals surface area contributed by atoms with Crippen molar-refractivity contribution in [1.82, 2.24) is 44.0 Å². The van der Waals surface area contributed by atoms with Gasteiger partial charge in [0.25, 0.3) is 17.7 Å². The van der Waals surface area contributed by atoms with Gasteiger partial charge in [0.2, 0.25) is 0 Å². The van der Waals surface area contributed by atoms with Crippen LogP contribution in [0, 0.1) is 19.8 Å². The predicted molar refractivity (Wildman–Crippen MR) is 193 cm³/mol. The molecule has 0 radical (unpaired) electrons. The number of halogens is 2. The van der Waals surface area contributed by atoms with Crippen molar-refractivity contribution in [2.24, 2.45) is 13.0 Å². The van der Waals surface area contributed by atoms with E-state index < -0.39 is 24.3 Å². The summed E-state index contributed by atoms with van der Waals surface area (Å²) in [6.45, 7) is 3.23. The number of amides is 2. The number of benzene rings is 2. The lowest BCUT2D eigenvalue weighted by atomic mass is 9.92. The SMILES string of the molecule is Cc1cc(C)n2ncc(C(=O)Nc3ccc(-c4cn(CC5CCN(C(=O)c6ccc7c(c6)nc(Cc6cccs6)n7C)CC5(F)F)nn4)cc3)c2n1. The average molecular weight is 721 g/mol. The molecular formula is C37H34F2N10O2S. The Labute approximate surface area is 300 Å². The van der Waals surface area contributed by atoms with E-state index in [0.717, 1.165) is 22.7 Å². The molecule has 0 aliphatic carbocycles. The Balaban J connectivity index is 0.893. The summed E-state index contributed by atoms with van der Waals surface area (Å²) in [6.07, 6.45) is 3.91. The molecule has 2 aromatic carbocycles. The van der Waals surface area contributed by atoms with Gasteiger partial charge < -0.3 is 14.8 Å². The summed E-state index contributed by atoms with van der Waals surface area (Å²) >= 11 is 1.66. The van der Waals surface area contributed by atoms with E-state index in [1.165, 1.54) is 20.7 Å². The number of piperidine rings is 1. The summed E-state index contributed by atoms with van der Waals surface area (Å²) < 4.78 is 36.2. The molecule has 12 nitrogen and oxygen atoms in total. The van der Waals surface area contributed by atoms with Crippen molar-refractivity contribution in [3.63, 3.8) is 0 Å². The number of thiophene rings is 1. The Kier molecular flexibility index (Phi) is 8.36. The number of imidazole rings is 1. The van der Waals surface area contributed by atoms with E-state index >= 15 is 8.78 Å². The highest BCUT2D eigenvalue weighted by atomic mass is 32.1. The third-order valence-electron chi connectivity index (χ3n) is 9.57. The second-order valence-electron chi connectivity index (χ2n) is 13.2. The van der Waals surface area contributed by atoms with E-state index in [1.54, 1.807) is 58.4 Å². The molecule has 1 N–H and O–H groups in total. The fourth-order valence-electron chi connectivity index (χ4n) is 6.78. The quantitative estimate of drug-likeness (QED) is 0.198. The van der Waals surface area contributed by atoms with Crippen LogP contribution in [0.5, 0.6) is 0 Å². The molecule has 264 valence electrons. The van der Waals surface area contributed by atoms with Crippen LogP contribution in [0.1, 0.15) is 49.2 Å². The lowest BCUT2D eigenvalue weighted by Gasteiger charge is -2.38. The molecule has 8 rings (SSSR count). The minimum absolute atomic E-state index is 0.0459. The van der Waals surface area contributed by atoms with E-state index in [0.29, 0.717) is 45.7 Å². The predicted octanol–water partition coefficient (Wildman–Crippen LogP) is 6.19. The lowest BCUT2D eigenvalue weighted by molar-refractivity contribution is -0.108. The Hall–Kier alpha value is -5.83. The topological polar surface area (TPSA) is 128 Å². The molecule has 5 aromatic heterocycles. The van der Waals surface area contributed by atoms with Gasteiger partial charge in [-0.2, -0.15) is 5.10 Å². The van der Waals surface area contributed by atoms with Crippen molar-refractivity contribution < 1.29 is 18.4 Å². The second-order valence-corrected chi connectivity index (χ2v) is 14.2. The number of anilines is 1. The van der Waals surface area contributed by atoms with Crippen LogP contribution < -0.4 is 5.32 Å². The summed E-state index contributed by atoms with van der Waals surface area (Å²) in [6, 6.07) is 18.2. The molecule has 6 heterocycles. The first kappa shape index (κ1) is 33.3. The van der Waals surface area contributed by atoms with Crippen LogP contribution in [0.2, 0.25) is 0 Å². The van der Waals surface area contributed by atoms with Crippen molar-refractivity contribution in [2.75, 3.05) is 18.4 Å². The molecule has 1 aliphatic heterocycles. The third-order valence-corrected chi connectivity index (χ3v) is 10.5. The number of aromatic nitrogens is 8. The van der Waals surface area contributed by atoms with Gasteiger partial charge in [-0.25, -0.2) is 23.3 Å². The Bertz CT molecular complexity index is 2450. The largest absolute Gasteiger partial charge is 0.333 e. The molecule has 0 bridgehead atoms. The van der Waals surface area contributed by atoms with Crippen LogP contribution >= 0.6 is 11.3 Å². The number of hydrogen-bond donors (Lipinski definition) is 1. The molecule has 1 unspecified atom stereocenters. The molecule has 1 saturated heterocycles. The molecule has 2 amide bonds. The first-order chi connectivity index (χ1) is 25.0. The van der Waals surface area contributed by atoms with E-state index in [1.807, 2.05) is 49.0 Å². The molecule has 1 fully saturated rings. The standard InChI is InChI=1S/C37H34F2N10O2S/c1-22-15-23(2)49-34(41-22)29(18-40-49)35(50)42-27-9-6-24(7-10-27)31-20-48(45-44-31)19-26-12-13-47(21-37(26,38)39)36(51)25-8-11-32-30(16-25)43-33(46(32)3)17-28-5-4-14-52-28/h4-11,14-16,18,20,26H,12-13,17,19,21H2,1-3H3,(H,42,50). The molecule has 15 heteroatoms. The number of aryl methyl sites for hydroxylation is 3. The first-order valence-corrected chi connectivity index (χ1v) is 17.7. The average Bonchev–Trinajstić information content (AvgIpc) is 3.94. The zero-order chi connectivity index (χ0) is 36.1. The lowest BCUT2D eigenvalue weighted by Crippen LogP contribution is -2.51. The third kappa shape index (κ3) is 6.32. The van der Waals surface area contributed by atoms with E-state index in [9.17, 15) is 9.59 Å². The summed E-state index contributed by atoms with van der Waals surface area (Å²) in [7, 11) is 1.94. The number of alkyl halides is 2. The number of fused-ring (bicyclic) bond motifs is 2. The van der Waals surface area contributed by atoms with Gasteiger partial charge in [-0.05, 0) is 68.1 Å². The van der Waals surface area contributed by atoms with Crippen molar-refractivity contribution >= 4 is 45.5 Å². The second kappa shape index (κ2) is 13.1. The Morgan fingerprint density at radius 3 is 2.65 bits per heavy atom. The van der Waals surface area contributed by atoms with Crippen molar-refractivity contribution in [1.29, 1.82) is 0 Å². The zero-order valence-corrected chi connectivity index (χ0v) is 29.4. The summed E-state index contributed by atoms with van der Waals surface area (Å²) in [4.78, 5) is 38.1. The molecule has 7 aromatic rings. The number of likely N-dealkylation sites (tertiary alicyclic amines) is 1. The maximum absolute atomic E-state index is 15.6. The van der Waals surface area contributed by atoms with Gasteiger partial charge in [-0.3, -0.25) is 14.3 Å². The van der Waals surface area contributed by atoms with Gasteiger partial charge >= 0.3 is 0 Å². The van der Waals surface area contributed by atoms with Crippen LogP contribution in [-0.2, 0) is 20.0 Å². The van der Waals surface area contributed by atoms with Crippen LogP contribution in [0.4, 0.5) is 14.5 Å². The summed E-state index contributed by atoms with van der Waals surface area (Å²) in [5.74, 6) is -4.06. The zero-order valence-electron chi connectivity index (χ0n) is 28.6. The molecule has 1 atom stereocenters. The van der Waals surface area contributed by atoms with Gasteiger partial charge in [-0.1, -0.05) is 23.4 Å². The van der Waals surface area contributed by atoms with Crippen molar-refractivity contribution in [3.8, 4) is 11.3 Å². The molecule has 0 spiro atoms. The highest BCUT2D eigenvalue weighted by molar-refractivity contribution is 7.09. The van der Waals surface area contributed by atoms with Crippen molar-refractivity contribution in [3.05, 3.63) is 112 Å². The van der Waals surface area contributed by atoms with Gasteiger partial charge in [0, 0.05) is 59.0 Å². The van der Waals surface area contributed by atoms with Crippen LogP contribution in [0.15, 0.2) is 78.4 Å².